The minimum atomic E-state index is 0.197. The molecule has 118 valence electrons. The summed E-state index contributed by atoms with van der Waals surface area (Å²) in [6.07, 6.45) is 3.91. The number of hydrogen-bond acceptors (Lipinski definition) is 3. The Kier molecular flexibility index (Phi) is 5.42. The van der Waals surface area contributed by atoms with Crippen LogP contribution in [0, 0.1) is 5.92 Å². The van der Waals surface area contributed by atoms with Crippen molar-refractivity contribution in [2.45, 2.75) is 64.5 Å². The summed E-state index contributed by atoms with van der Waals surface area (Å²) in [5.74, 6) is 6.49. The van der Waals surface area contributed by atoms with E-state index in [1.807, 2.05) is 0 Å². The van der Waals surface area contributed by atoms with Crippen molar-refractivity contribution in [1.82, 2.24) is 5.43 Å². The van der Waals surface area contributed by atoms with Crippen LogP contribution in [0.15, 0.2) is 24.3 Å². The Morgan fingerprint density at radius 1 is 1.24 bits per heavy atom. The first-order chi connectivity index (χ1) is 9.94. The van der Waals surface area contributed by atoms with Gasteiger partial charge in [-0.15, -0.1) is 0 Å². The van der Waals surface area contributed by atoms with Crippen LogP contribution in [0.1, 0.15) is 64.1 Å². The third-order valence-electron chi connectivity index (χ3n) is 4.54. The summed E-state index contributed by atoms with van der Waals surface area (Å²) < 4.78 is 5.63. The van der Waals surface area contributed by atoms with Crippen LogP contribution in [0.4, 0.5) is 0 Å². The third kappa shape index (κ3) is 4.29. The molecule has 0 bridgehead atoms. The van der Waals surface area contributed by atoms with Crippen molar-refractivity contribution in [3.8, 4) is 0 Å². The first-order valence-corrected chi connectivity index (χ1v) is 8.12. The van der Waals surface area contributed by atoms with E-state index in [1.54, 1.807) is 0 Å². The van der Waals surface area contributed by atoms with E-state index in [0.29, 0.717) is 6.10 Å². The Labute approximate surface area is 129 Å². The van der Waals surface area contributed by atoms with Crippen molar-refractivity contribution >= 4 is 0 Å². The van der Waals surface area contributed by atoms with Gasteiger partial charge in [-0.25, -0.2) is 0 Å². The third-order valence-corrected chi connectivity index (χ3v) is 4.54. The fraction of sp³-hybridized carbons (Fsp3) is 0.667. The molecule has 21 heavy (non-hydrogen) atoms. The van der Waals surface area contributed by atoms with Gasteiger partial charge in [-0.1, -0.05) is 45.0 Å². The lowest BCUT2D eigenvalue weighted by molar-refractivity contribution is -0.0291. The number of benzene rings is 1. The van der Waals surface area contributed by atoms with E-state index in [1.165, 1.54) is 24.0 Å². The molecule has 1 aliphatic rings. The predicted molar refractivity (Wildman–Crippen MR) is 88.0 cm³/mol. The number of ether oxygens (including phenoxy) is 1. The molecule has 1 saturated carbocycles. The summed E-state index contributed by atoms with van der Waals surface area (Å²) in [5, 5.41) is 0. The van der Waals surface area contributed by atoms with Crippen molar-refractivity contribution in [3.63, 3.8) is 0 Å². The number of hydrogen-bond donors (Lipinski definition) is 2. The lowest BCUT2D eigenvalue weighted by atomic mass is 9.77. The topological polar surface area (TPSA) is 47.3 Å². The van der Waals surface area contributed by atoms with Crippen molar-refractivity contribution in [2.75, 3.05) is 6.61 Å². The summed E-state index contributed by atoms with van der Waals surface area (Å²) in [6, 6.07) is 9.12. The Morgan fingerprint density at radius 3 is 2.33 bits per heavy atom. The molecule has 0 amide bonds. The second-order valence-electron chi connectivity index (χ2n) is 7.24. The minimum absolute atomic E-state index is 0.197. The molecule has 1 fully saturated rings. The summed E-state index contributed by atoms with van der Waals surface area (Å²) in [5.41, 5.74) is 5.82. The van der Waals surface area contributed by atoms with Crippen LogP contribution >= 0.6 is 0 Å². The molecule has 1 atom stereocenters. The SMILES string of the molecule is CCOC1CC(CC(NN)c2ccc(C(C)(C)C)cc2)C1. The molecule has 2 rings (SSSR count). The van der Waals surface area contributed by atoms with Gasteiger partial charge in [-0.3, -0.25) is 11.3 Å². The summed E-state index contributed by atoms with van der Waals surface area (Å²) in [4.78, 5) is 0. The molecule has 0 aromatic heterocycles. The van der Waals surface area contributed by atoms with Crippen molar-refractivity contribution in [3.05, 3.63) is 35.4 Å². The largest absolute Gasteiger partial charge is 0.378 e. The van der Waals surface area contributed by atoms with Gasteiger partial charge in [0.25, 0.3) is 0 Å². The second-order valence-corrected chi connectivity index (χ2v) is 7.24. The van der Waals surface area contributed by atoms with Crippen LogP contribution < -0.4 is 11.3 Å². The number of rotatable bonds is 6. The maximum Gasteiger partial charge on any atom is 0.0580 e. The number of hydrazine groups is 1. The standard InChI is InChI=1S/C18H30N2O/c1-5-21-16-10-13(11-16)12-17(20-19)14-6-8-15(9-7-14)18(2,3)4/h6-9,13,16-17,20H,5,10-12,19H2,1-4H3. The Morgan fingerprint density at radius 2 is 1.86 bits per heavy atom. The van der Waals surface area contributed by atoms with Gasteiger partial charge in [0.2, 0.25) is 0 Å². The van der Waals surface area contributed by atoms with Gasteiger partial charge in [-0.2, -0.15) is 0 Å². The highest BCUT2D eigenvalue weighted by Crippen LogP contribution is 2.37. The molecule has 3 heteroatoms. The summed E-state index contributed by atoms with van der Waals surface area (Å²) in [6.45, 7) is 9.60. The first kappa shape index (κ1) is 16.5. The van der Waals surface area contributed by atoms with E-state index in [0.717, 1.165) is 18.9 Å². The normalized spacial score (nSPS) is 23.7. The minimum Gasteiger partial charge on any atom is -0.378 e. The van der Waals surface area contributed by atoms with E-state index in [9.17, 15) is 0 Å². The maximum atomic E-state index is 5.77. The highest BCUT2D eigenvalue weighted by atomic mass is 16.5. The highest BCUT2D eigenvalue weighted by molar-refractivity contribution is 5.29. The molecule has 0 saturated heterocycles. The quantitative estimate of drug-likeness (QED) is 0.620. The van der Waals surface area contributed by atoms with Crippen LogP contribution in [-0.2, 0) is 10.2 Å². The molecule has 0 spiro atoms. The molecule has 1 unspecified atom stereocenters. The van der Waals surface area contributed by atoms with Crippen LogP contribution in [-0.4, -0.2) is 12.7 Å². The van der Waals surface area contributed by atoms with E-state index in [4.69, 9.17) is 10.6 Å². The lowest BCUT2D eigenvalue weighted by Crippen LogP contribution is -2.36. The number of nitrogens with two attached hydrogens (primary N) is 1. The maximum absolute atomic E-state index is 5.77. The van der Waals surface area contributed by atoms with E-state index < -0.39 is 0 Å². The second kappa shape index (κ2) is 6.91. The predicted octanol–water partition coefficient (Wildman–Crippen LogP) is 3.69. The molecule has 1 aromatic carbocycles. The Balaban J connectivity index is 1.92. The van der Waals surface area contributed by atoms with Crippen LogP contribution in [0.25, 0.3) is 0 Å². The van der Waals surface area contributed by atoms with E-state index in [-0.39, 0.29) is 11.5 Å². The lowest BCUT2D eigenvalue weighted by Gasteiger charge is -2.37. The average molecular weight is 290 g/mol. The van der Waals surface area contributed by atoms with Gasteiger partial charge >= 0.3 is 0 Å². The smallest absolute Gasteiger partial charge is 0.0580 e. The molecule has 0 aliphatic heterocycles. The van der Waals surface area contributed by atoms with E-state index >= 15 is 0 Å². The zero-order valence-electron chi connectivity index (χ0n) is 13.9. The van der Waals surface area contributed by atoms with Crippen LogP contribution in [0.3, 0.4) is 0 Å². The van der Waals surface area contributed by atoms with E-state index in [2.05, 4.69) is 57.4 Å². The van der Waals surface area contributed by atoms with Gasteiger partial charge in [0.05, 0.1) is 6.10 Å². The van der Waals surface area contributed by atoms with Crippen molar-refractivity contribution < 1.29 is 4.74 Å². The zero-order valence-corrected chi connectivity index (χ0v) is 13.9. The van der Waals surface area contributed by atoms with Gasteiger partial charge < -0.3 is 4.74 Å². The summed E-state index contributed by atoms with van der Waals surface area (Å²) in [7, 11) is 0. The monoisotopic (exact) mass is 290 g/mol. The van der Waals surface area contributed by atoms with Gasteiger partial charge in [0.15, 0.2) is 0 Å². The average Bonchev–Trinajstić information content (AvgIpc) is 2.40. The molecule has 1 aromatic rings. The van der Waals surface area contributed by atoms with Gasteiger partial charge in [0.1, 0.15) is 0 Å². The molecular weight excluding hydrogens is 260 g/mol. The Hall–Kier alpha value is -0.900. The van der Waals surface area contributed by atoms with Gasteiger partial charge in [-0.05, 0) is 48.6 Å². The fourth-order valence-corrected chi connectivity index (χ4v) is 3.09. The Bertz CT molecular complexity index is 430. The van der Waals surface area contributed by atoms with Crippen molar-refractivity contribution in [1.29, 1.82) is 0 Å². The molecule has 1 aliphatic carbocycles. The van der Waals surface area contributed by atoms with Crippen LogP contribution in [0.2, 0.25) is 0 Å². The molecule has 3 N–H and O–H groups in total. The molecule has 3 nitrogen and oxygen atoms in total. The molecule has 0 heterocycles. The van der Waals surface area contributed by atoms with Gasteiger partial charge in [0, 0.05) is 12.6 Å². The zero-order chi connectivity index (χ0) is 15.5. The fourth-order valence-electron chi connectivity index (χ4n) is 3.09. The highest BCUT2D eigenvalue weighted by Gasteiger charge is 2.31. The van der Waals surface area contributed by atoms with Crippen molar-refractivity contribution in [2.24, 2.45) is 11.8 Å². The molecular formula is C18H30N2O. The molecule has 0 radical (unpaired) electrons. The van der Waals surface area contributed by atoms with Crippen LogP contribution in [0.5, 0.6) is 0 Å². The summed E-state index contributed by atoms with van der Waals surface area (Å²) >= 11 is 0. The first-order valence-electron chi connectivity index (χ1n) is 8.12. The number of nitrogens with one attached hydrogen (secondary N) is 1.